The van der Waals surface area contributed by atoms with Crippen LogP contribution in [0.2, 0.25) is 0 Å². The lowest BCUT2D eigenvalue weighted by atomic mass is 10.1. The Morgan fingerprint density at radius 3 is 2.79 bits per heavy atom. The van der Waals surface area contributed by atoms with Crippen molar-refractivity contribution in [1.29, 1.82) is 0 Å². The van der Waals surface area contributed by atoms with E-state index in [1.807, 2.05) is 0 Å². The average Bonchev–Trinajstić information content (AvgIpc) is 2.67. The number of halogens is 3. The van der Waals surface area contributed by atoms with Gasteiger partial charge in [0.05, 0.1) is 0 Å². The minimum Gasteiger partial charge on any atom is -0.310 e. The van der Waals surface area contributed by atoms with E-state index in [9.17, 15) is 8.78 Å². The zero-order chi connectivity index (χ0) is 12.5. The maximum Gasteiger partial charge on any atom is 0.127 e. The average molecular weight is 289 g/mol. The zero-order valence-electron chi connectivity index (χ0n) is 10.7. The predicted molar refractivity (Wildman–Crippen MR) is 73.4 cm³/mol. The standard InChI is InChI=1S/C14H18F2N2.ClH/c15-11-1-4-14(16)10(7-11)8-18-6-5-12-2-3-13(9-18)17-12;/h1,4,7,12-13,17H,2-3,5-6,8-9H2;1H. The van der Waals surface area contributed by atoms with Crippen molar-refractivity contribution >= 4 is 12.4 Å². The number of likely N-dealkylation sites (tertiary alicyclic amines) is 1. The van der Waals surface area contributed by atoms with Gasteiger partial charge in [0, 0.05) is 37.3 Å². The summed E-state index contributed by atoms with van der Waals surface area (Å²) in [5.74, 6) is -0.667. The fraction of sp³-hybridized carbons (Fsp3) is 0.571. The molecule has 1 aromatic rings. The van der Waals surface area contributed by atoms with Gasteiger partial charge in [0.15, 0.2) is 0 Å². The van der Waals surface area contributed by atoms with Gasteiger partial charge in [-0.05, 0) is 37.5 Å². The maximum absolute atomic E-state index is 13.6. The van der Waals surface area contributed by atoms with Gasteiger partial charge in [-0.1, -0.05) is 0 Å². The van der Waals surface area contributed by atoms with E-state index in [1.165, 1.54) is 31.0 Å². The molecule has 0 spiro atoms. The van der Waals surface area contributed by atoms with Crippen LogP contribution in [0, 0.1) is 11.6 Å². The summed E-state index contributed by atoms with van der Waals surface area (Å²) >= 11 is 0. The summed E-state index contributed by atoms with van der Waals surface area (Å²) in [6.07, 6.45) is 3.56. The second-order valence-electron chi connectivity index (χ2n) is 5.40. The first kappa shape index (κ1) is 14.7. The molecule has 0 aromatic heterocycles. The minimum atomic E-state index is -0.360. The molecule has 2 nitrogen and oxygen atoms in total. The topological polar surface area (TPSA) is 15.3 Å². The Morgan fingerprint density at radius 1 is 1.16 bits per heavy atom. The van der Waals surface area contributed by atoms with Crippen molar-refractivity contribution in [2.45, 2.75) is 37.9 Å². The summed E-state index contributed by atoms with van der Waals surface area (Å²) in [4.78, 5) is 2.23. The lowest BCUT2D eigenvalue weighted by molar-refractivity contribution is 0.247. The molecule has 2 aliphatic heterocycles. The Balaban J connectivity index is 0.00000133. The number of hydrogen-bond donors (Lipinski definition) is 1. The molecule has 0 aliphatic carbocycles. The van der Waals surface area contributed by atoms with Crippen LogP contribution in [0.15, 0.2) is 18.2 Å². The van der Waals surface area contributed by atoms with Crippen LogP contribution in [0.3, 0.4) is 0 Å². The Hall–Kier alpha value is -0.710. The summed E-state index contributed by atoms with van der Waals surface area (Å²) in [5.41, 5.74) is 0.466. The number of nitrogens with zero attached hydrogens (tertiary/aromatic N) is 1. The monoisotopic (exact) mass is 288 g/mol. The summed E-state index contributed by atoms with van der Waals surface area (Å²) in [5, 5.41) is 3.59. The molecule has 1 N–H and O–H groups in total. The fourth-order valence-electron chi connectivity index (χ4n) is 3.06. The molecular weight excluding hydrogens is 270 g/mol. The van der Waals surface area contributed by atoms with Gasteiger partial charge in [0.1, 0.15) is 11.6 Å². The van der Waals surface area contributed by atoms with Gasteiger partial charge in [-0.3, -0.25) is 4.90 Å². The molecule has 0 amide bonds. The van der Waals surface area contributed by atoms with E-state index in [-0.39, 0.29) is 24.0 Å². The molecular formula is C14H19ClF2N2. The van der Waals surface area contributed by atoms with Gasteiger partial charge in [0.2, 0.25) is 0 Å². The van der Waals surface area contributed by atoms with Gasteiger partial charge in [0.25, 0.3) is 0 Å². The first-order valence-electron chi connectivity index (χ1n) is 6.63. The Bertz CT molecular complexity index is 441. The predicted octanol–water partition coefficient (Wildman–Crippen LogP) is 2.71. The third-order valence-corrected chi connectivity index (χ3v) is 4.01. The van der Waals surface area contributed by atoms with Gasteiger partial charge in [-0.2, -0.15) is 0 Å². The van der Waals surface area contributed by atoms with Crippen LogP contribution in [0.5, 0.6) is 0 Å². The molecule has 2 aliphatic rings. The molecule has 2 atom stereocenters. The van der Waals surface area contributed by atoms with Crippen LogP contribution in [0.4, 0.5) is 8.78 Å². The van der Waals surface area contributed by atoms with Crippen LogP contribution in [0.1, 0.15) is 24.8 Å². The highest BCUT2D eigenvalue weighted by Crippen LogP contribution is 2.22. The van der Waals surface area contributed by atoms with Crippen LogP contribution in [-0.4, -0.2) is 30.1 Å². The fourth-order valence-corrected chi connectivity index (χ4v) is 3.06. The summed E-state index contributed by atoms with van der Waals surface area (Å²) in [6.45, 7) is 2.41. The molecule has 19 heavy (non-hydrogen) atoms. The van der Waals surface area contributed by atoms with Crippen molar-refractivity contribution in [2.75, 3.05) is 13.1 Å². The second kappa shape index (κ2) is 6.16. The number of nitrogens with one attached hydrogen (secondary N) is 1. The van der Waals surface area contributed by atoms with E-state index in [0.717, 1.165) is 19.5 Å². The van der Waals surface area contributed by atoms with Gasteiger partial charge in [-0.25, -0.2) is 8.78 Å². The molecule has 2 bridgehead atoms. The molecule has 106 valence electrons. The molecule has 1 aromatic carbocycles. The van der Waals surface area contributed by atoms with Crippen molar-refractivity contribution < 1.29 is 8.78 Å². The zero-order valence-corrected chi connectivity index (χ0v) is 11.6. The Labute approximate surface area is 118 Å². The van der Waals surface area contributed by atoms with Crippen LogP contribution in [0.25, 0.3) is 0 Å². The Morgan fingerprint density at radius 2 is 1.95 bits per heavy atom. The lowest BCUT2D eigenvalue weighted by Gasteiger charge is -2.24. The third kappa shape index (κ3) is 3.44. The van der Waals surface area contributed by atoms with Gasteiger partial charge < -0.3 is 5.32 Å². The highest BCUT2D eigenvalue weighted by Gasteiger charge is 2.29. The first-order valence-corrected chi connectivity index (χ1v) is 6.63. The van der Waals surface area contributed by atoms with Crippen LogP contribution in [-0.2, 0) is 6.54 Å². The van der Waals surface area contributed by atoms with E-state index < -0.39 is 0 Å². The summed E-state index contributed by atoms with van der Waals surface area (Å²) in [6, 6.07) is 4.84. The molecule has 2 fully saturated rings. The number of hydrogen-bond acceptors (Lipinski definition) is 2. The molecule has 2 unspecified atom stereocenters. The Kier molecular flexibility index (Phi) is 4.76. The van der Waals surface area contributed by atoms with E-state index in [1.54, 1.807) is 0 Å². The van der Waals surface area contributed by atoms with Crippen molar-refractivity contribution in [3.63, 3.8) is 0 Å². The maximum atomic E-state index is 13.6. The molecule has 3 rings (SSSR count). The van der Waals surface area contributed by atoms with Gasteiger partial charge in [-0.15, -0.1) is 12.4 Å². The first-order chi connectivity index (χ1) is 8.70. The minimum absolute atomic E-state index is 0. The van der Waals surface area contributed by atoms with Crippen molar-refractivity contribution in [3.05, 3.63) is 35.4 Å². The van der Waals surface area contributed by atoms with E-state index in [0.29, 0.717) is 24.2 Å². The smallest absolute Gasteiger partial charge is 0.127 e. The quantitative estimate of drug-likeness (QED) is 0.900. The molecule has 0 radical (unpaired) electrons. The van der Waals surface area contributed by atoms with Crippen LogP contribution < -0.4 is 5.32 Å². The second-order valence-corrected chi connectivity index (χ2v) is 5.40. The number of fused-ring (bicyclic) bond motifs is 2. The van der Waals surface area contributed by atoms with Crippen molar-refractivity contribution in [2.24, 2.45) is 0 Å². The lowest BCUT2D eigenvalue weighted by Crippen LogP contribution is -2.35. The number of benzene rings is 1. The number of rotatable bonds is 2. The highest BCUT2D eigenvalue weighted by molar-refractivity contribution is 5.85. The largest absolute Gasteiger partial charge is 0.310 e. The van der Waals surface area contributed by atoms with E-state index >= 15 is 0 Å². The molecule has 0 saturated carbocycles. The summed E-state index contributed by atoms with van der Waals surface area (Å²) < 4.78 is 26.7. The third-order valence-electron chi connectivity index (χ3n) is 4.01. The van der Waals surface area contributed by atoms with E-state index in [2.05, 4.69) is 10.2 Å². The van der Waals surface area contributed by atoms with E-state index in [4.69, 9.17) is 0 Å². The normalized spacial score (nSPS) is 26.8. The SMILES string of the molecule is Cl.Fc1ccc(F)c(CN2CCC3CCC(C2)N3)c1. The molecule has 2 heterocycles. The van der Waals surface area contributed by atoms with Crippen molar-refractivity contribution in [1.82, 2.24) is 10.2 Å². The highest BCUT2D eigenvalue weighted by atomic mass is 35.5. The summed E-state index contributed by atoms with van der Waals surface area (Å²) in [7, 11) is 0. The van der Waals surface area contributed by atoms with Crippen molar-refractivity contribution in [3.8, 4) is 0 Å². The van der Waals surface area contributed by atoms with Crippen LogP contribution >= 0.6 is 12.4 Å². The van der Waals surface area contributed by atoms with Gasteiger partial charge >= 0.3 is 0 Å². The molecule has 5 heteroatoms. The molecule has 2 saturated heterocycles.